The lowest BCUT2D eigenvalue weighted by Gasteiger charge is -2.10. The molecule has 3 heteroatoms. The molecule has 0 aliphatic heterocycles. The molecule has 0 fully saturated rings. The van der Waals surface area contributed by atoms with Crippen molar-refractivity contribution < 1.29 is 0 Å². The van der Waals surface area contributed by atoms with Gasteiger partial charge in [0.15, 0.2) is 17.5 Å². The van der Waals surface area contributed by atoms with Crippen LogP contribution in [-0.4, -0.2) is 15.0 Å². The normalized spacial score (nSPS) is 10.8. The van der Waals surface area contributed by atoms with Gasteiger partial charge in [-0.2, -0.15) is 0 Å². The maximum atomic E-state index is 4.88. The first-order valence-corrected chi connectivity index (χ1v) is 12.0. The largest absolute Gasteiger partial charge is 0.208 e. The fraction of sp³-hybridized carbons (Fsp3) is 0. The summed E-state index contributed by atoms with van der Waals surface area (Å²) < 4.78 is 0. The summed E-state index contributed by atoms with van der Waals surface area (Å²) in [6, 6.07) is 47.6. The molecular formula is C33H23N3. The highest BCUT2D eigenvalue weighted by atomic mass is 15.0. The number of benzene rings is 5. The van der Waals surface area contributed by atoms with Crippen molar-refractivity contribution in [3.8, 4) is 56.4 Å². The smallest absolute Gasteiger partial charge is 0.164 e. The summed E-state index contributed by atoms with van der Waals surface area (Å²) in [4.78, 5) is 14.6. The quantitative estimate of drug-likeness (QED) is 0.260. The molecule has 0 saturated heterocycles. The second-order valence-electron chi connectivity index (χ2n) is 8.56. The third-order valence-corrected chi connectivity index (χ3v) is 6.17. The van der Waals surface area contributed by atoms with E-state index in [1.165, 1.54) is 11.1 Å². The number of aromatic nitrogens is 3. The molecule has 0 unspecified atom stereocenters. The number of hydrogen-bond donors (Lipinski definition) is 0. The van der Waals surface area contributed by atoms with E-state index in [4.69, 9.17) is 15.0 Å². The fourth-order valence-electron chi connectivity index (χ4n) is 4.24. The van der Waals surface area contributed by atoms with Crippen molar-refractivity contribution in [2.75, 3.05) is 0 Å². The van der Waals surface area contributed by atoms with E-state index in [-0.39, 0.29) is 0 Å². The summed E-state index contributed by atoms with van der Waals surface area (Å²) in [6.07, 6.45) is 0. The van der Waals surface area contributed by atoms with Crippen molar-refractivity contribution in [3.63, 3.8) is 0 Å². The van der Waals surface area contributed by atoms with Crippen molar-refractivity contribution in [1.29, 1.82) is 0 Å². The first-order chi connectivity index (χ1) is 17.8. The highest BCUT2D eigenvalue weighted by Crippen LogP contribution is 2.28. The van der Waals surface area contributed by atoms with E-state index >= 15 is 0 Å². The molecule has 1 heterocycles. The first kappa shape index (κ1) is 21.6. The van der Waals surface area contributed by atoms with Gasteiger partial charge in [-0.25, -0.2) is 15.0 Å². The minimum absolute atomic E-state index is 0.658. The predicted octanol–water partition coefficient (Wildman–Crippen LogP) is 8.21. The van der Waals surface area contributed by atoms with Gasteiger partial charge >= 0.3 is 0 Å². The van der Waals surface area contributed by atoms with Gasteiger partial charge in [-0.15, -0.1) is 0 Å². The van der Waals surface area contributed by atoms with Crippen molar-refractivity contribution in [2.45, 2.75) is 0 Å². The third kappa shape index (κ3) is 4.55. The Morgan fingerprint density at radius 2 is 0.444 bits per heavy atom. The van der Waals surface area contributed by atoms with E-state index in [2.05, 4.69) is 97.1 Å². The van der Waals surface area contributed by atoms with Crippen LogP contribution in [0.15, 0.2) is 140 Å². The highest BCUT2D eigenvalue weighted by Gasteiger charge is 2.12. The SMILES string of the molecule is c1ccc(-c2ccc(-c3nc(-c4ccccc4)nc(-c4ccc(-c5ccccc5)cc4)n3)cc2)cc1. The van der Waals surface area contributed by atoms with Crippen molar-refractivity contribution in [2.24, 2.45) is 0 Å². The topological polar surface area (TPSA) is 38.7 Å². The third-order valence-electron chi connectivity index (χ3n) is 6.17. The summed E-state index contributed by atoms with van der Waals surface area (Å²) >= 11 is 0. The van der Waals surface area contributed by atoms with Crippen LogP contribution in [-0.2, 0) is 0 Å². The van der Waals surface area contributed by atoms with Gasteiger partial charge in [-0.05, 0) is 22.3 Å². The second kappa shape index (κ2) is 9.77. The molecule has 0 radical (unpaired) electrons. The van der Waals surface area contributed by atoms with Gasteiger partial charge in [-0.1, -0.05) is 140 Å². The van der Waals surface area contributed by atoms with Gasteiger partial charge in [0.2, 0.25) is 0 Å². The Bertz CT molecular complexity index is 1480. The minimum Gasteiger partial charge on any atom is -0.208 e. The van der Waals surface area contributed by atoms with Crippen LogP contribution < -0.4 is 0 Å². The Kier molecular flexibility index (Phi) is 5.87. The van der Waals surface area contributed by atoms with Crippen LogP contribution in [0.1, 0.15) is 0 Å². The molecule has 0 spiro atoms. The lowest BCUT2D eigenvalue weighted by atomic mass is 10.0. The first-order valence-electron chi connectivity index (χ1n) is 12.0. The Labute approximate surface area is 210 Å². The van der Waals surface area contributed by atoms with Crippen LogP contribution in [0.25, 0.3) is 56.4 Å². The summed E-state index contributed by atoms with van der Waals surface area (Å²) in [5, 5.41) is 0. The fourth-order valence-corrected chi connectivity index (χ4v) is 4.24. The van der Waals surface area contributed by atoms with Crippen LogP contribution in [0.3, 0.4) is 0 Å². The van der Waals surface area contributed by atoms with Crippen molar-refractivity contribution in [3.05, 3.63) is 140 Å². The van der Waals surface area contributed by atoms with Crippen LogP contribution in [0, 0.1) is 0 Å². The van der Waals surface area contributed by atoms with Gasteiger partial charge in [-0.3, -0.25) is 0 Å². The molecule has 0 aliphatic rings. The summed E-state index contributed by atoms with van der Waals surface area (Å²) in [6.45, 7) is 0. The molecule has 0 aliphatic carbocycles. The maximum absolute atomic E-state index is 4.88. The molecule has 0 N–H and O–H groups in total. The molecule has 0 bridgehead atoms. The summed E-state index contributed by atoms with van der Waals surface area (Å²) in [5.74, 6) is 1.98. The molecular weight excluding hydrogens is 438 g/mol. The van der Waals surface area contributed by atoms with E-state index in [0.717, 1.165) is 27.8 Å². The van der Waals surface area contributed by atoms with E-state index < -0.39 is 0 Å². The van der Waals surface area contributed by atoms with Crippen LogP contribution >= 0.6 is 0 Å². The van der Waals surface area contributed by atoms with Crippen molar-refractivity contribution >= 4 is 0 Å². The lowest BCUT2D eigenvalue weighted by molar-refractivity contribution is 1.07. The zero-order valence-corrected chi connectivity index (χ0v) is 19.6. The molecule has 6 aromatic rings. The van der Waals surface area contributed by atoms with Gasteiger partial charge < -0.3 is 0 Å². The summed E-state index contributed by atoms with van der Waals surface area (Å²) in [7, 11) is 0. The molecule has 0 atom stereocenters. The Hall–Kier alpha value is -4.89. The zero-order chi connectivity index (χ0) is 24.2. The van der Waals surface area contributed by atoms with Gasteiger partial charge in [0.25, 0.3) is 0 Å². The van der Waals surface area contributed by atoms with Crippen LogP contribution in [0.4, 0.5) is 0 Å². The van der Waals surface area contributed by atoms with Crippen molar-refractivity contribution in [1.82, 2.24) is 15.0 Å². The maximum Gasteiger partial charge on any atom is 0.164 e. The van der Waals surface area contributed by atoms with Gasteiger partial charge in [0.1, 0.15) is 0 Å². The van der Waals surface area contributed by atoms with E-state index in [1.807, 2.05) is 42.5 Å². The number of nitrogens with zero attached hydrogens (tertiary/aromatic N) is 3. The van der Waals surface area contributed by atoms with E-state index in [9.17, 15) is 0 Å². The lowest BCUT2D eigenvalue weighted by Crippen LogP contribution is -2.00. The molecule has 3 nitrogen and oxygen atoms in total. The summed E-state index contributed by atoms with van der Waals surface area (Å²) in [5.41, 5.74) is 7.56. The average molecular weight is 462 g/mol. The molecule has 36 heavy (non-hydrogen) atoms. The average Bonchev–Trinajstić information content (AvgIpc) is 2.98. The van der Waals surface area contributed by atoms with Gasteiger partial charge in [0, 0.05) is 16.7 Å². The Morgan fingerprint density at radius 3 is 0.778 bits per heavy atom. The minimum atomic E-state index is 0.658. The molecule has 6 rings (SSSR count). The highest BCUT2D eigenvalue weighted by molar-refractivity contribution is 5.72. The molecule has 170 valence electrons. The van der Waals surface area contributed by atoms with Gasteiger partial charge in [0.05, 0.1) is 0 Å². The Balaban J connectivity index is 1.41. The Morgan fingerprint density at radius 1 is 0.222 bits per heavy atom. The predicted molar refractivity (Wildman–Crippen MR) is 147 cm³/mol. The second-order valence-corrected chi connectivity index (χ2v) is 8.56. The molecule has 0 saturated carbocycles. The van der Waals surface area contributed by atoms with E-state index in [1.54, 1.807) is 0 Å². The van der Waals surface area contributed by atoms with Crippen LogP contribution in [0.2, 0.25) is 0 Å². The van der Waals surface area contributed by atoms with E-state index in [0.29, 0.717) is 17.5 Å². The molecule has 1 aromatic heterocycles. The van der Waals surface area contributed by atoms with Crippen LogP contribution in [0.5, 0.6) is 0 Å². The molecule has 5 aromatic carbocycles. The number of rotatable bonds is 5. The number of hydrogen-bond acceptors (Lipinski definition) is 3. The monoisotopic (exact) mass is 461 g/mol. The standard InChI is InChI=1S/C33H23N3/c1-4-10-24(11-5-1)26-16-20-29(21-17-26)32-34-31(28-14-8-3-9-15-28)35-33(36-32)30-22-18-27(19-23-30)25-12-6-2-7-13-25/h1-23H. The zero-order valence-electron chi connectivity index (χ0n) is 19.6. The molecule has 0 amide bonds.